The van der Waals surface area contributed by atoms with E-state index in [0.717, 1.165) is 6.42 Å². The highest BCUT2D eigenvalue weighted by Gasteiger charge is 2.69. The molecule has 3 heteroatoms. The Bertz CT molecular complexity index is 308. The molecule has 0 unspecified atom stereocenters. The second-order valence-corrected chi connectivity index (χ2v) is 5.23. The van der Waals surface area contributed by atoms with E-state index in [1.54, 1.807) is 6.08 Å². The zero-order valence-corrected chi connectivity index (χ0v) is 9.32. The molecule has 0 aromatic heterocycles. The van der Waals surface area contributed by atoms with Gasteiger partial charge in [0.05, 0.1) is 5.92 Å². The summed E-state index contributed by atoms with van der Waals surface area (Å²) in [6.45, 7) is 8.04. The number of aliphatic hydroxyl groups is 1. The number of rotatable bonds is 3. The third-order valence-electron chi connectivity index (χ3n) is 4.14. The Morgan fingerprint density at radius 2 is 2.33 bits per heavy atom. The number of ether oxygens (including phenoxy) is 1. The topological polar surface area (TPSA) is 46.5 Å². The van der Waals surface area contributed by atoms with Gasteiger partial charge in [-0.25, -0.2) is 0 Å². The van der Waals surface area contributed by atoms with Crippen molar-refractivity contribution in [3.05, 3.63) is 12.7 Å². The lowest BCUT2D eigenvalue weighted by molar-refractivity contribution is -0.173. The predicted octanol–water partition coefficient (Wildman–Crippen LogP) is 1.51. The summed E-state index contributed by atoms with van der Waals surface area (Å²) in [5.74, 6) is -0.0924. The first kappa shape index (κ1) is 10.7. The molecule has 0 amide bonds. The Labute approximate surface area is 90.1 Å². The Balaban J connectivity index is 2.27. The summed E-state index contributed by atoms with van der Waals surface area (Å²) in [6, 6.07) is 0. The molecule has 0 bridgehead atoms. The molecule has 2 aliphatic rings. The molecule has 0 aromatic rings. The van der Waals surface area contributed by atoms with Crippen LogP contribution >= 0.6 is 0 Å². The lowest BCUT2D eigenvalue weighted by Gasteiger charge is -2.55. The van der Waals surface area contributed by atoms with Gasteiger partial charge in [-0.2, -0.15) is 0 Å². The van der Waals surface area contributed by atoms with Crippen LogP contribution in [0.2, 0.25) is 0 Å². The van der Waals surface area contributed by atoms with Gasteiger partial charge in [-0.15, -0.1) is 0 Å². The third-order valence-corrected chi connectivity index (χ3v) is 4.14. The zero-order chi connectivity index (χ0) is 11.3. The first-order valence-corrected chi connectivity index (χ1v) is 5.46. The highest BCUT2D eigenvalue weighted by atomic mass is 16.6. The molecule has 0 aromatic carbocycles. The minimum atomic E-state index is -0.482. The monoisotopic (exact) mass is 210 g/mol. The highest BCUT2D eigenvalue weighted by molar-refractivity contribution is 5.77. The van der Waals surface area contributed by atoms with Gasteiger partial charge in [0.15, 0.2) is 0 Å². The second-order valence-electron chi connectivity index (χ2n) is 5.23. The van der Waals surface area contributed by atoms with Crippen molar-refractivity contribution in [2.75, 3.05) is 6.61 Å². The average Bonchev–Trinajstić information content (AvgIpc) is 2.40. The van der Waals surface area contributed by atoms with Crippen molar-refractivity contribution >= 4 is 5.97 Å². The molecule has 1 saturated heterocycles. The fraction of sp³-hybridized carbons (Fsp3) is 0.750. The van der Waals surface area contributed by atoms with E-state index >= 15 is 0 Å². The van der Waals surface area contributed by atoms with Gasteiger partial charge >= 0.3 is 5.97 Å². The van der Waals surface area contributed by atoms with E-state index in [0.29, 0.717) is 6.42 Å². The van der Waals surface area contributed by atoms with Crippen LogP contribution in [0, 0.1) is 17.3 Å². The van der Waals surface area contributed by atoms with Crippen molar-refractivity contribution in [3.63, 3.8) is 0 Å². The van der Waals surface area contributed by atoms with Gasteiger partial charge in [0.1, 0.15) is 5.60 Å². The van der Waals surface area contributed by atoms with Crippen molar-refractivity contribution in [3.8, 4) is 0 Å². The first-order valence-electron chi connectivity index (χ1n) is 5.46. The van der Waals surface area contributed by atoms with Crippen LogP contribution < -0.4 is 0 Å². The van der Waals surface area contributed by atoms with Crippen molar-refractivity contribution in [2.45, 2.75) is 32.3 Å². The Kier molecular flexibility index (Phi) is 2.19. The molecule has 84 valence electrons. The number of carbonyl (C=O) groups is 1. The molecule has 3 nitrogen and oxygen atoms in total. The molecule has 1 heterocycles. The van der Waals surface area contributed by atoms with Gasteiger partial charge in [0.2, 0.25) is 0 Å². The van der Waals surface area contributed by atoms with Gasteiger partial charge in [-0.3, -0.25) is 4.79 Å². The molecule has 0 spiro atoms. The quantitative estimate of drug-likeness (QED) is 0.567. The molecule has 3 atom stereocenters. The maximum atomic E-state index is 11.7. The average molecular weight is 210 g/mol. The number of esters is 1. The van der Waals surface area contributed by atoms with E-state index in [4.69, 9.17) is 9.84 Å². The van der Waals surface area contributed by atoms with Crippen molar-refractivity contribution in [1.82, 2.24) is 0 Å². The summed E-state index contributed by atoms with van der Waals surface area (Å²) in [5, 5.41) is 8.93. The summed E-state index contributed by atoms with van der Waals surface area (Å²) in [6.07, 6.45) is 3.25. The third kappa shape index (κ3) is 1.13. The molecular weight excluding hydrogens is 192 g/mol. The highest BCUT2D eigenvalue weighted by Crippen LogP contribution is 2.63. The minimum Gasteiger partial charge on any atom is -0.454 e. The largest absolute Gasteiger partial charge is 0.454 e. The number of aliphatic hydroxyl groups excluding tert-OH is 1. The molecule has 1 aliphatic heterocycles. The SMILES string of the molecule is C=C[C@@]12OC(=O)[C@@H](CCO)[C@@H]1CC2(C)C. The molecular formula is C12H18O3. The van der Waals surface area contributed by atoms with Gasteiger partial charge in [0.25, 0.3) is 0 Å². The number of hydrogen-bond acceptors (Lipinski definition) is 3. The van der Waals surface area contributed by atoms with Crippen LogP contribution in [-0.4, -0.2) is 23.3 Å². The van der Waals surface area contributed by atoms with Crippen LogP contribution in [0.1, 0.15) is 26.7 Å². The summed E-state index contributed by atoms with van der Waals surface area (Å²) in [4.78, 5) is 11.7. The van der Waals surface area contributed by atoms with Crippen LogP contribution in [-0.2, 0) is 9.53 Å². The van der Waals surface area contributed by atoms with Gasteiger partial charge in [-0.05, 0) is 18.9 Å². The Hall–Kier alpha value is -0.830. The summed E-state index contributed by atoms with van der Waals surface area (Å²) < 4.78 is 5.51. The Morgan fingerprint density at radius 3 is 2.73 bits per heavy atom. The normalized spacial score (nSPS) is 41.7. The van der Waals surface area contributed by atoms with Gasteiger partial charge in [-0.1, -0.05) is 20.4 Å². The lowest BCUT2D eigenvalue weighted by atomic mass is 9.50. The van der Waals surface area contributed by atoms with E-state index in [1.807, 2.05) is 0 Å². The van der Waals surface area contributed by atoms with E-state index in [1.165, 1.54) is 0 Å². The van der Waals surface area contributed by atoms with Crippen molar-refractivity contribution in [2.24, 2.45) is 17.3 Å². The number of carbonyl (C=O) groups excluding carboxylic acids is 1. The van der Waals surface area contributed by atoms with Crippen LogP contribution in [0.5, 0.6) is 0 Å². The Morgan fingerprint density at radius 1 is 1.67 bits per heavy atom. The molecule has 0 radical (unpaired) electrons. The molecule has 1 N–H and O–H groups in total. The van der Waals surface area contributed by atoms with E-state index in [9.17, 15) is 4.79 Å². The molecule has 2 fully saturated rings. The summed E-state index contributed by atoms with van der Waals surface area (Å²) in [7, 11) is 0. The molecule has 2 rings (SSSR count). The van der Waals surface area contributed by atoms with Crippen molar-refractivity contribution in [1.29, 1.82) is 0 Å². The van der Waals surface area contributed by atoms with Gasteiger partial charge < -0.3 is 9.84 Å². The van der Waals surface area contributed by atoms with E-state index in [2.05, 4.69) is 20.4 Å². The fourth-order valence-corrected chi connectivity index (χ4v) is 3.22. The maximum Gasteiger partial charge on any atom is 0.310 e. The second kappa shape index (κ2) is 3.08. The standard InChI is InChI=1S/C12H18O3/c1-4-12-9(7-11(12,2)3)8(5-6-13)10(14)15-12/h4,8-9,13H,1,5-7H2,2-3H3/t8-,9-,12+/m0/s1. The molecule has 1 aliphatic carbocycles. The smallest absolute Gasteiger partial charge is 0.310 e. The van der Waals surface area contributed by atoms with Crippen molar-refractivity contribution < 1.29 is 14.6 Å². The molecule has 15 heavy (non-hydrogen) atoms. The fourth-order valence-electron chi connectivity index (χ4n) is 3.22. The van der Waals surface area contributed by atoms with Crippen LogP contribution in [0.15, 0.2) is 12.7 Å². The molecule has 1 saturated carbocycles. The summed E-state index contributed by atoms with van der Waals surface area (Å²) >= 11 is 0. The van der Waals surface area contributed by atoms with E-state index < -0.39 is 5.60 Å². The van der Waals surface area contributed by atoms with Crippen LogP contribution in [0.4, 0.5) is 0 Å². The number of hydrogen-bond donors (Lipinski definition) is 1. The minimum absolute atomic E-state index is 0.0146. The van der Waals surface area contributed by atoms with Crippen LogP contribution in [0.3, 0.4) is 0 Å². The van der Waals surface area contributed by atoms with Crippen LogP contribution in [0.25, 0.3) is 0 Å². The predicted molar refractivity (Wildman–Crippen MR) is 56.1 cm³/mol. The first-order chi connectivity index (χ1) is 6.98. The lowest BCUT2D eigenvalue weighted by Crippen LogP contribution is -2.59. The van der Waals surface area contributed by atoms with Gasteiger partial charge in [0, 0.05) is 17.9 Å². The van der Waals surface area contributed by atoms with E-state index in [-0.39, 0.29) is 29.8 Å². The maximum absolute atomic E-state index is 11.7. The zero-order valence-electron chi connectivity index (χ0n) is 9.32. The number of fused-ring (bicyclic) bond motifs is 1. The summed E-state index contributed by atoms with van der Waals surface area (Å²) in [5.41, 5.74) is -0.497.